The zero-order valence-corrected chi connectivity index (χ0v) is 14.2. The Hall–Kier alpha value is -1.31. The standard InChI is InChI=1S/C15H18ClNO5S/c1-9-6-10-7-11(8-12(16)14(10)22-9)23(20,21)17-5-3-2-4-13(17)15(18)19/h7-9,13H,2-6H2,1H3,(H,18,19). The number of aliphatic carboxylic acids is 1. The van der Waals surface area contributed by atoms with E-state index in [0.717, 1.165) is 9.87 Å². The van der Waals surface area contributed by atoms with E-state index in [1.165, 1.54) is 6.07 Å². The van der Waals surface area contributed by atoms with Crippen molar-refractivity contribution < 1.29 is 23.1 Å². The second-order valence-corrected chi connectivity index (χ2v) is 8.29. The number of hydrogen-bond donors (Lipinski definition) is 1. The van der Waals surface area contributed by atoms with Crippen LogP contribution in [0, 0.1) is 0 Å². The van der Waals surface area contributed by atoms with Crippen LogP contribution in [0.15, 0.2) is 17.0 Å². The lowest BCUT2D eigenvalue weighted by Crippen LogP contribution is -2.47. The average Bonchev–Trinajstić information content (AvgIpc) is 2.88. The van der Waals surface area contributed by atoms with Crippen LogP contribution < -0.4 is 4.74 Å². The van der Waals surface area contributed by atoms with Crippen LogP contribution >= 0.6 is 11.6 Å². The molecule has 1 aromatic rings. The lowest BCUT2D eigenvalue weighted by molar-refractivity contribution is -0.142. The highest BCUT2D eigenvalue weighted by Crippen LogP contribution is 2.39. The minimum atomic E-state index is -3.91. The van der Waals surface area contributed by atoms with Gasteiger partial charge in [-0.15, -0.1) is 0 Å². The molecule has 0 aromatic heterocycles. The number of fused-ring (bicyclic) bond motifs is 1. The van der Waals surface area contributed by atoms with Crippen molar-refractivity contribution in [2.75, 3.05) is 6.54 Å². The molecule has 126 valence electrons. The minimum Gasteiger partial charge on any atom is -0.489 e. The lowest BCUT2D eigenvalue weighted by Gasteiger charge is -2.32. The topological polar surface area (TPSA) is 83.9 Å². The Labute approximate surface area is 140 Å². The Kier molecular flexibility index (Phi) is 4.29. The van der Waals surface area contributed by atoms with Crippen molar-refractivity contribution in [1.29, 1.82) is 0 Å². The third-order valence-corrected chi connectivity index (χ3v) is 6.43. The summed E-state index contributed by atoms with van der Waals surface area (Å²) in [6.45, 7) is 2.09. The molecule has 2 unspecified atom stereocenters. The third kappa shape index (κ3) is 2.93. The van der Waals surface area contributed by atoms with Crippen LogP contribution in [-0.2, 0) is 21.2 Å². The van der Waals surface area contributed by atoms with E-state index in [-0.39, 0.29) is 22.6 Å². The first kappa shape index (κ1) is 16.5. The van der Waals surface area contributed by atoms with Gasteiger partial charge in [-0.05, 0) is 38.3 Å². The van der Waals surface area contributed by atoms with Gasteiger partial charge in [0.2, 0.25) is 10.0 Å². The number of carboxylic acids is 1. The van der Waals surface area contributed by atoms with Crippen LogP contribution in [0.5, 0.6) is 5.75 Å². The number of halogens is 1. The summed E-state index contributed by atoms with van der Waals surface area (Å²) in [6, 6.07) is 1.88. The Morgan fingerprint density at radius 3 is 2.83 bits per heavy atom. The highest BCUT2D eigenvalue weighted by Gasteiger charge is 2.38. The van der Waals surface area contributed by atoms with Crippen molar-refractivity contribution in [1.82, 2.24) is 4.31 Å². The summed E-state index contributed by atoms with van der Waals surface area (Å²) in [5, 5.41) is 9.56. The van der Waals surface area contributed by atoms with E-state index in [4.69, 9.17) is 16.3 Å². The van der Waals surface area contributed by atoms with Gasteiger partial charge in [-0.1, -0.05) is 11.6 Å². The maximum atomic E-state index is 12.9. The van der Waals surface area contributed by atoms with E-state index in [1.807, 2.05) is 6.92 Å². The molecule has 1 aromatic carbocycles. The maximum Gasteiger partial charge on any atom is 0.322 e. The van der Waals surface area contributed by atoms with E-state index < -0.39 is 22.0 Å². The van der Waals surface area contributed by atoms with E-state index in [0.29, 0.717) is 31.4 Å². The summed E-state index contributed by atoms with van der Waals surface area (Å²) >= 11 is 6.16. The van der Waals surface area contributed by atoms with Gasteiger partial charge in [0.1, 0.15) is 17.9 Å². The molecule has 0 radical (unpaired) electrons. The predicted molar refractivity (Wildman–Crippen MR) is 84.4 cm³/mol. The molecule has 2 aliphatic heterocycles. The lowest BCUT2D eigenvalue weighted by atomic mass is 10.1. The molecule has 2 aliphatic rings. The Morgan fingerprint density at radius 2 is 2.13 bits per heavy atom. The number of hydrogen-bond acceptors (Lipinski definition) is 4. The summed E-state index contributed by atoms with van der Waals surface area (Å²) in [5.41, 5.74) is 0.743. The highest BCUT2D eigenvalue weighted by atomic mass is 35.5. The van der Waals surface area contributed by atoms with E-state index in [1.54, 1.807) is 6.07 Å². The first-order chi connectivity index (χ1) is 10.8. The zero-order chi connectivity index (χ0) is 16.8. The summed E-state index contributed by atoms with van der Waals surface area (Å²) in [5.74, 6) is -0.593. The molecule has 6 nitrogen and oxygen atoms in total. The van der Waals surface area contributed by atoms with Gasteiger partial charge in [-0.2, -0.15) is 4.31 Å². The van der Waals surface area contributed by atoms with Crippen molar-refractivity contribution in [3.05, 3.63) is 22.7 Å². The third-order valence-electron chi connectivity index (χ3n) is 4.27. The number of carbonyl (C=O) groups is 1. The SMILES string of the molecule is CC1Cc2cc(S(=O)(=O)N3CCCCC3C(=O)O)cc(Cl)c2O1. The summed E-state index contributed by atoms with van der Waals surface area (Å²) in [4.78, 5) is 11.4. The van der Waals surface area contributed by atoms with Crippen LogP contribution in [0.1, 0.15) is 31.7 Å². The second kappa shape index (κ2) is 5.96. The fraction of sp³-hybridized carbons (Fsp3) is 0.533. The molecule has 0 aliphatic carbocycles. The number of carboxylic acid groups (broad SMARTS) is 1. The molecular formula is C15H18ClNO5S. The summed E-state index contributed by atoms with van der Waals surface area (Å²) in [7, 11) is -3.91. The number of nitrogens with zero attached hydrogens (tertiary/aromatic N) is 1. The molecule has 1 N–H and O–H groups in total. The molecule has 0 saturated carbocycles. The van der Waals surface area contributed by atoms with Crippen molar-refractivity contribution in [2.24, 2.45) is 0 Å². The molecule has 2 heterocycles. The predicted octanol–water partition coefficient (Wildman–Crippen LogP) is 2.29. The molecule has 0 amide bonds. The van der Waals surface area contributed by atoms with Crippen LogP contribution in [0.25, 0.3) is 0 Å². The van der Waals surface area contributed by atoms with Gasteiger partial charge in [0, 0.05) is 18.5 Å². The molecular weight excluding hydrogens is 342 g/mol. The first-order valence-corrected chi connectivity index (χ1v) is 9.36. The number of piperidine rings is 1. The monoisotopic (exact) mass is 359 g/mol. The number of benzene rings is 1. The second-order valence-electron chi connectivity index (χ2n) is 5.99. The van der Waals surface area contributed by atoms with Gasteiger partial charge in [0.15, 0.2) is 0 Å². The first-order valence-electron chi connectivity index (χ1n) is 7.54. The summed E-state index contributed by atoms with van der Waals surface area (Å²) in [6.07, 6.45) is 2.22. The average molecular weight is 360 g/mol. The van der Waals surface area contributed by atoms with E-state index in [2.05, 4.69) is 0 Å². The Bertz CT molecular complexity index is 748. The van der Waals surface area contributed by atoms with Gasteiger partial charge in [-0.3, -0.25) is 4.79 Å². The van der Waals surface area contributed by atoms with Crippen molar-refractivity contribution in [3.8, 4) is 5.75 Å². The molecule has 0 spiro atoms. The van der Waals surface area contributed by atoms with Gasteiger partial charge >= 0.3 is 5.97 Å². The van der Waals surface area contributed by atoms with Crippen molar-refractivity contribution in [3.63, 3.8) is 0 Å². The normalized spacial score (nSPS) is 25.0. The van der Waals surface area contributed by atoms with E-state index in [9.17, 15) is 18.3 Å². The maximum absolute atomic E-state index is 12.9. The largest absolute Gasteiger partial charge is 0.489 e. The van der Waals surface area contributed by atoms with Gasteiger partial charge in [0.25, 0.3) is 0 Å². The quantitative estimate of drug-likeness (QED) is 0.895. The fourth-order valence-corrected chi connectivity index (χ4v) is 5.26. The molecule has 23 heavy (non-hydrogen) atoms. The summed E-state index contributed by atoms with van der Waals surface area (Å²) < 4.78 is 32.5. The van der Waals surface area contributed by atoms with Crippen molar-refractivity contribution in [2.45, 2.75) is 49.6 Å². The van der Waals surface area contributed by atoms with Gasteiger partial charge < -0.3 is 9.84 Å². The fourth-order valence-electron chi connectivity index (χ4n) is 3.18. The van der Waals surface area contributed by atoms with Crippen LogP contribution in [0.2, 0.25) is 5.02 Å². The Balaban J connectivity index is 2.01. The molecule has 0 bridgehead atoms. The molecule has 3 rings (SSSR count). The number of rotatable bonds is 3. The Morgan fingerprint density at radius 1 is 1.39 bits per heavy atom. The van der Waals surface area contributed by atoms with E-state index >= 15 is 0 Å². The number of ether oxygens (including phenoxy) is 1. The van der Waals surface area contributed by atoms with Crippen LogP contribution in [0.4, 0.5) is 0 Å². The molecule has 1 saturated heterocycles. The minimum absolute atomic E-state index is 0.0344. The van der Waals surface area contributed by atoms with Gasteiger partial charge in [-0.25, -0.2) is 8.42 Å². The zero-order valence-electron chi connectivity index (χ0n) is 12.7. The highest BCUT2D eigenvalue weighted by molar-refractivity contribution is 7.89. The molecule has 2 atom stereocenters. The smallest absolute Gasteiger partial charge is 0.322 e. The molecule has 8 heteroatoms. The van der Waals surface area contributed by atoms with Gasteiger partial charge in [0.05, 0.1) is 9.92 Å². The number of sulfonamides is 1. The molecule has 1 fully saturated rings. The van der Waals surface area contributed by atoms with Crippen LogP contribution in [0.3, 0.4) is 0 Å². The van der Waals surface area contributed by atoms with Crippen LogP contribution in [-0.4, -0.2) is 42.5 Å². The van der Waals surface area contributed by atoms with Crippen molar-refractivity contribution >= 4 is 27.6 Å².